The van der Waals surface area contributed by atoms with Crippen molar-refractivity contribution in [1.29, 1.82) is 0 Å². The third kappa shape index (κ3) is 2.71. The molecule has 0 amide bonds. The van der Waals surface area contributed by atoms with Gasteiger partial charge in [0, 0.05) is 19.6 Å². The van der Waals surface area contributed by atoms with Crippen molar-refractivity contribution in [2.24, 2.45) is 11.3 Å². The highest BCUT2D eigenvalue weighted by Gasteiger charge is 2.54. The Bertz CT molecular complexity index is 528. The van der Waals surface area contributed by atoms with Crippen LogP contribution in [0.2, 0.25) is 0 Å². The van der Waals surface area contributed by atoms with Gasteiger partial charge in [-0.3, -0.25) is 9.69 Å². The summed E-state index contributed by atoms with van der Waals surface area (Å²) in [7, 11) is 0. The van der Waals surface area contributed by atoms with Gasteiger partial charge in [0.05, 0.1) is 5.41 Å². The van der Waals surface area contributed by atoms with E-state index in [2.05, 4.69) is 36.1 Å². The van der Waals surface area contributed by atoms with Crippen molar-refractivity contribution in [1.82, 2.24) is 4.90 Å². The number of hydrogen-bond donors (Lipinski definition) is 1. The van der Waals surface area contributed by atoms with Gasteiger partial charge in [0.2, 0.25) is 0 Å². The van der Waals surface area contributed by atoms with E-state index >= 15 is 0 Å². The molecule has 1 heterocycles. The lowest BCUT2D eigenvalue weighted by molar-refractivity contribution is -0.149. The minimum Gasteiger partial charge on any atom is -0.481 e. The van der Waals surface area contributed by atoms with Crippen LogP contribution in [0.5, 0.6) is 0 Å². The molecule has 2 atom stereocenters. The monoisotopic (exact) mass is 287 g/mol. The summed E-state index contributed by atoms with van der Waals surface area (Å²) in [5.41, 5.74) is 2.25. The fourth-order valence-corrected chi connectivity index (χ4v) is 4.29. The van der Waals surface area contributed by atoms with Crippen molar-refractivity contribution in [2.75, 3.05) is 13.1 Å². The summed E-state index contributed by atoms with van der Waals surface area (Å²) in [6.07, 6.45) is 5.31. The van der Waals surface area contributed by atoms with Gasteiger partial charge in [-0.1, -0.05) is 44.0 Å². The number of benzene rings is 1. The predicted molar refractivity (Wildman–Crippen MR) is 83.1 cm³/mol. The third-order valence-electron chi connectivity index (χ3n) is 5.30. The normalized spacial score (nSPS) is 28.7. The summed E-state index contributed by atoms with van der Waals surface area (Å²) in [6.45, 7) is 4.77. The lowest BCUT2D eigenvalue weighted by Gasteiger charge is -2.23. The molecule has 1 saturated carbocycles. The number of hydrogen-bond acceptors (Lipinski definition) is 2. The number of carboxylic acid groups (broad SMARTS) is 1. The van der Waals surface area contributed by atoms with Crippen molar-refractivity contribution < 1.29 is 9.90 Å². The van der Waals surface area contributed by atoms with Crippen molar-refractivity contribution in [2.45, 2.75) is 45.6 Å². The highest BCUT2D eigenvalue weighted by molar-refractivity contribution is 5.76. The highest BCUT2D eigenvalue weighted by atomic mass is 16.4. The van der Waals surface area contributed by atoms with E-state index in [-0.39, 0.29) is 0 Å². The first kappa shape index (κ1) is 14.6. The van der Waals surface area contributed by atoms with E-state index in [0.717, 1.165) is 51.7 Å². The van der Waals surface area contributed by atoms with Gasteiger partial charge in [0.1, 0.15) is 0 Å². The molecule has 0 radical (unpaired) electrons. The van der Waals surface area contributed by atoms with Gasteiger partial charge in [0.15, 0.2) is 0 Å². The molecule has 2 fully saturated rings. The van der Waals surface area contributed by atoms with Crippen LogP contribution in [0.3, 0.4) is 0 Å². The molecule has 1 saturated heterocycles. The number of aliphatic carboxylic acids is 1. The first-order chi connectivity index (χ1) is 10.1. The Balaban J connectivity index is 1.70. The summed E-state index contributed by atoms with van der Waals surface area (Å²) < 4.78 is 0. The maximum Gasteiger partial charge on any atom is 0.311 e. The van der Waals surface area contributed by atoms with Crippen molar-refractivity contribution in [3.63, 3.8) is 0 Å². The molecule has 0 spiro atoms. The van der Waals surface area contributed by atoms with Gasteiger partial charge < -0.3 is 5.11 Å². The molecule has 21 heavy (non-hydrogen) atoms. The molecule has 1 aromatic carbocycles. The topological polar surface area (TPSA) is 40.5 Å². The van der Waals surface area contributed by atoms with E-state index in [9.17, 15) is 9.90 Å². The Kier molecular flexibility index (Phi) is 4.03. The fraction of sp³-hybridized carbons (Fsp3) is 0.611. The lowest BCUT2D eigenvalue weighted by Crippen LogP contribution is -2.35. The van der Waals surface area contributed by atoms with E-state index in [4.69, 9.17) is 0 Å². The summed E-state index contributed by atoms with van der Waals surface area (Å²) in [5, 5.41) is 9.65. The Hall–Kier alpha value is -1.35. The van der Waals surface area contributed by atoms with Crippen molar-refractivity contribution >= 4 is 5.97 Å². The van der Waals surface area contributed by atoms with Crippen molar-refractivity contribution in [3.05, 3.63) is 35.4 Å². The zero-order chi connectivity index (χ0) is 14.9. The summed E-state index contributed by atoms with van der Waals surface area (Å²) in [4.78, 5) is 14.1. The SMILES string of the molecule is CCCc1cccc(CN2C[C@@H]3CCC[C@@]3(C(=O)O)C2)c1. The number of carbonyl (C=O) groups is 1. The van der Waals surface area contributed by atoms with E-state index in [0.29, 0.717) is 5.92 Å². The molecular weight excluding hydrogens is 262 g/mol. The average molecular weight is 287 g/mol. The van der Waals surface area contributed by atoms with Crippen LogP contribution in [0.1, 0.15) is 43.7 Å². The summed E-state index contributed by atoms with van der Waals surface area (Å²) >= 11 is 0. The Morgan fingerprint density at radius 1 is 1.43 bits per heavy atom. The molecule has 1 aliphatic heterocycles. The van der Waals surface area contributed by atoms with Crippen LogP contribution in [-0.4, -0.2) is 29.1 Å². The van der Waals surface area contributed by atoms with Gasteiger partial charge in [0.25, 0.3) is 0 Å². The minimum absolute atomic E-state index is 0.355. The number of carboxylic acids is 1. The number of aryl methyl sites for hydroxylation is 1. The first-order valence-corrected chi connectivity index (χ1v) is 8.17. The largest absolute Gasteiger partial charge is 0.481 e. The minimum atomic E-state index is -0.577. The quantitative estimate of drug-likeness (QED) is 0.903. The number of fused-ring (bicyclic) bond motifs is 1. The molecule has 1 aliphatic carbocycles. The van der Waals surface area contributed by atoms with Crippen LogP contribution >= 0.6 is 0 Å². The number of rotatable bonds is 5. The predicted octanol–water partition coefficient (Wildman–Crippen LogP) is 3.33. The Morgan fingerprint density at radius 2 is 2.24 bits per heavy atom. The molecule has 3 heteroatoms. The molecule has 1 N–H and O–H groups in total. The molecule has 0 unspecified atom stereocenters. The Morgan fingerprint density at radius 3 is 2.95 bits per heavy atom. The van der Waals surface area contributed by atoms with Crippen LogP contribution < -0.4 is 0 Å². The van der Waals surface area contributed by atoms with Gasteiger partial charge in [-0.25, -0.2) is 0 Å². The van der Waals surface area contributed by atoms with Crippen LogP contribution in [0.4, 0.5) is 0 Å². The van der Waals surface area contributed by atoms with Gasteiger partial charge in [-0.2, -0.15) is 0 Å². The van der Waals surface area contributed by atoms with Crippen LogP contribution in [0, 0.1) is 11.3 Å². The van der Waals surface area contributed by atoms with E-state index < -0.39 is 11.4 Å². The second kappa shape index (κ2) is 5.80. The number of nitrogens with zero attached hydrogens (tertiary/aromatic N) is 1. The first-order valence-electron chi connectivity index (χ1n) is 8.17. The highest BCUT2D eigenvalue weighted by Crippen LogP contribution is 2.49. The van der Waals surface area contributed by atoms with Gasteiger partial charge in [-0.05, 0) is 36.3 Å². The maximum atomic E-state index is 11.7. The molecule has 0 aromatic heterocycles. The molecule has 2 aliphatic rings. The third-order valence-corrected chi connectivity index (χ3v) is 5.30. The second-order valence-corrected chi connectivity index (χ2v) is 6.79. The van der Waals surface area contributed by atoms with Crippen LogP contribution in [0.25, 0.3) is 0 Å². The average Bonchev–Trinajstić information content (AvgIpc) is 2.97. The zero-order valence-corrected chi connectivity index (χ0v) is 12.8. The second-order valence-electron chi connectivity index (χ2n) is 6.79. The van der Waals surface area contributed by atoms with Crippen LogP contribution in [0.15, 0.2) is 24.3 Å². The summed E-state index contributed by atoms with van der Waals surface area (Å²) in [5.74, 6) is -0.221. The number of likely N-dealkylation sites (tertiary alicyclic amines) is 1. The van der Waals surface area contributed by atoms with Crippen LogP contribution in [-0.2, 0) is 17.8 Å². The fourth-order valence-electron chi connectivity index (χ4n) is 4.29. The molecule has 1 aromatic rings. The van der Waals surface area contributed by atoms with E-state index in [1.54, 1.807) is 0 Å². The molecule has 3 nitrogen and oxygen atoms in total. The zero-order valence-electron chi connectivity index (χ0n) is 12.8. The summed E-state index contributed by atoms with van der Waals surface area (Å²) in [6, 6.07) is 8.76. The van der Waals surface area contributed by atoms with Gasteiger partial charge in [-0.15, -0.1) is 0 Å². The lowest BCUT2D eigenvalue weighted by atomic mass is 9.81. The maximum absolute atomic E-state index is 11.7. The smallest absolute Gasteiger partial charge is 0.311 e. The van der Waals surface area contributed by atoms with E-state index in [1.807, 2.05) is 0 Å². The standard InChI is InChI=1S/C18H25NO2/c1-2-5-14-6-3-7-15(10-14)11-19-12-16-8-4-9-18(16,13-19)17(20)21/h3,6-7,10,16H,2,4-5,8-9,11-13H2,1H3,(H,20,21)/t16-,18+/m0/s1. The van der Waals surface area contributed by atoms with Crippen molar-refractivity contribution in [3.8, 4) is 0 Å². The Labute approximate surface area is 127 Å². The van der Waals surface area contributed by atoms with Gasteiger partial charge >= 0.3 is 5.97 Å². The van der Waals surface area contributed by atoms with E-state index in [1.165, 1.54) is 11.1 Å². The molecular formula is C18H25NO2. The molecule has 3 rings (SSSR count). The molecule has 114 valence electrons. The molecule has 0 bridgehead atoms.